The fourth-order valence-corrected chi connectivity index (χ4v) is 12.3. The third-order valence-corrected chi connectivity index (χ3v) is 15.9. The Labute approximate surface area is 337 Å². The van der Waals surface area contributed by atoms with Crippen molar-refractivity contribution in [2.45, 2.75) is 58.1 Å². The largest absolute Gasteiger partial charge is 0.455 e. The Bertz CT molecular complexity index is 2980. The number of ether oxygens (including phenoxy) is 2. The standard InChI is InChI=1S/C48H36N2O6S2/c1-47(2)31-13-5-7-15-35(31)49(29-21-23-41-45(25-29)57(51,52)43-19-11-9-17-39(43)55-41)37-28-34-38(27-33(37)47)50(36-16-8-6-14-32(36)48(34,3)4)30-22-24-42-46(26-30)58(53,54)44-20-12-10-18-40(44)56-42/h5-28H,1-4H3. The van der Waals surface area contributed by atoms with Gasteiger partial charge in [-0.25, -0.2) is 16.8 Å². The number of hydrogen-bond donors (Lipinski definition) is 0. The lowest BCUT2D eigenvalue weighted by Crippen LogP contribution is -2.35. The molecule has 0 radical (unpaired) electrons. The summed E-state index contributed by atoms with van der Waals surface area (Å²) in [6.45, 7) is 8.85. The zero-order valence-corrected chi connectivity index (χ0v) is 33.6. The van der Waals surface area contributed by atoms with Crippen molar-refractivity contribution in [1.82, 2.24) is 0 Å². The van der Waals surface area contributed by atoms with E-state index in [2.05, 4.69) is 73.9 Å². The number of nitrogens with zero attached hydrogens (tertiary/aromatic N) is 2. The van der Waals surface area contributed by atoms with E-state index in [0.717, 1.165) is 45.0 Å². The van der Waals surface area contributed by atoms with Crippen molar-refractivity contribution >= 4 is 53.8 Å². The molecule has 7 aromatic rings. The average Bonchev–Trinajstić information content (AvgIpc) is 3.21. The molecule has 11 rings (SSSR count). The first-order valence-corrected chi connectivity index (χ1v) is 22.0. The van der Waals surface area contributed by atoms with E-state index < -0.39 is 30.5 Å². The Kier molecular flexibility index (Phi) is 6.98. The minimum atomic E-state index is -3.89. The van der Waals surface area contributed by atoms with Gasteiger partial charge in [-0.15, -0.1) is 0 Å². The van der Waals surface area contributed by atoms with E-state index in [1.54, 1.807) is 72.8 Å². The highest BCUT2D eigenvalue weighted by Gasteiger charge is 2.44. The molecule has 0 aliphatic carbocycles. The van der Waals surface area contributed by atoms with Gasteiger partial charge in [-0.3, -0.25) is 0 Å². The summed E-state index contributed by atoms with van der Waals surface area (Å²) in [5.74, 6) is 1.19. The third-order valence-electron chi connectivity index (χ3n) is 12.2. The third kappa shape index (κ3) is 4.61. The van der Waals surface area contributed by atoms with Gasteiger partial charge in [0.05, 0.1) is 22.7 Å². The highest BCUT2D eigenvalue weighted by Crippen LogP contribution is 2.59. The van der Waals surface area contributed by atoms with Gasteiger partial charge in [0.25, 0.3) is 0 Å². The summed E-state index contributed by atoms with van der Waals surface area (Å²) in [4.78, 5) is 4.82. The summed E-state index contributed by atoms with van der Waals surface area (Å²) >= 11 is 0. The molecule has 0 amide bonds. The molecule has 4 heterocycles. The molecule has 0 unspecified atom stereocenters. The minimum absolute atomic E-state index is 0.111. The van der Waals surface area contributed by atoms with Crippen LogP contribution in [0.15, 0.2) is 165 Å². The van der Waals surface area contributed by atoms with Gasteiger partial charge >= 0.3 is 0 Å². The van der Waals surface area contributed by atoms with Gasteiger partial charge in [0, 0.05) is 22.2 Å². The van der Waals surface area contributed by atoms with Crippen LogP contribution in [0.5, 0.6) is 23.0 Å². The number of rotatable bonds is 2. The first-order chi connectivity index (χ1) is 27.8. The Morgan fingerprint density at radius 2 is 0.741 bits per heavy atom. The molecule has 10 heteroatoms. The molecule has 0 bridgehead atoms. The smallest absolute Gasteiger partial charge is 0.214 e. The molecule has 58 heavy (non-hydrogen) atoms. The second kappa shape index (κ2) is 11.6. The van der Waals surface area contributed by atoms with Gasteiger partial charge in [0.1, 0.15) is 42.6 Å². The molecule has 0 aromatic heterocycles. The van der Waals surface area contributed by atoms with Crippen LogP contribution in [0.3, 0.4) is 0 Å². The molecule has 286 valence electrons. The van der Waals surface area contributed by atoms with Crippen molar-refractivity contribution in [3.05, 3.63) is 168 Å². The predicted molar refractivity (Wildman–Crippen MR) is 224 cm³/mol. The summed E-state index contributed by atoms with van der Waals surface area (Å²) in [5.41, 5.74) is 8.29. The number of fused-ring (bicyclic) bond motifs is 8. The van der Waals surface area contributed by atoms with E-state index in [4.69, 9.17) is 9.47 Å². The molecule has 7 aromatic carbocycles. The normalized spacial score (nSPS) is 17.7. The lowest BCUT2D eigenvalue weighted by molar-refractivity contribution is 0.442. The number of anilines is 6. The summed E-state index contributed by atoms with van der Waals surface area (Å²) in [7, 11) is -7.77. The topological polar surface area (TPSA) is 93.2 Å². The average molecular weight is 801 g/mol. The molecule has 0 spiro atoms. The fourth-order valence-electron chi connectivity index (χ4n) is 9.30. The van der Waals surface area contributed by atoms with Crippen molar-refractivity contribution < 1.29 is 26.3 Å². The van der Waals surface area contributed by atoms with Gasteiger partial charge in [-0.1, -0.05) is 88.4 Å². The lowest BCUT2D eigenvalue weighted by Gasteiger charge is -2.47. The summed E-state index contributed by atoms with van der Waals surface area (Å²) < 4.78 is 68.8. The second-order valence-corrected chi connectivity index (χ2v) is 20.0. The first-order valence-electron chi connectivity index (χ1n) is 19.1. The quantitative estimate of drug-likeness (QED) is 0.171. The van der Waals surface area contributed by atoms with Crippen LogP contribution in [0, 0.1) is 0 Å². The molecule has 0 saturated heterocycles. The van der Waals surface area contributed by atoms with E-state index >= 15 is 0 Å². The lowest BCUT2D eigenvalue weighted by atomic mass is 9.69. The summed E-state index contributed by atoms with van der Waals surface area (Å²) in [5, 5.41) is 0. The van der Waals surface area contributed by atoms with Crippen molar-refractivity contribution in [3.8, 4) is 23.0 Å². The maximum atomic E-state index is 14.1. The van der Waals surface area contributed by atoms with Crippen molar-refractivity contribution in [1.29, 1.82) is 0 Å². The molecule has 0 saturated carbocycles. The van der Waals surface area contributed by atoms with Gasteiger partial charge in [0.2, 0.25) is 19.7 Å². The summed E-state index contributed by atoms with van der Waals surface area (Å²) in [6, 6.07) is 45.2. The van der Waals surface area contributed by atoms with Crippen LogP contribution >= 0.6 is 0 Å². The molecule has 0 fully saturated rings. The first kappa shape index (κ1) is 34.9. The number of hydrogen-bond acceptors (Lipinski definition) is 8. The molecule has 0 N–H and O–H groups in total. The molecule has 4 aliphatic heterocycles. The molecule has 4 aliphatic rings. The van der Waals surface area contributed by atoms with Crippen LogP contribution in [0.25, 0.3) is 0 Å². The molecule has 0 atom stereocenters. The van der Waals surface area contributed by atoms with Crippen LogP contribution in [0.1, 0.15) is 49.9 Å². The van der Waals surface area contributed by atoms with Crippen LogP contribution in [0.2, 0.25) is 0 Å². The number of sulfone groups is 2. The Hall–Kier alpha value is -6.36. The molecule has 8 nitrogen and oxygen atoms in total. The zero-order valence-electron chi connectivity index (χ0n) is 32.0. The van der Waals surface area contributed by atoms with Crippen molar-refractivity contribution in [3.63, 3.8) is 0 Å². The van der Waals surface area contributed by atoms with Gasteiger partial charge in [-0.05, 0) is 107 Å². The molecular weight excluding hydrogens is 765 g/mol. The van der Waals surface area contributed by atoms with Crippen LogP contribution in [-0.4, -0.2) is 16.8 Å². The highest BCUT2D eigenvalue weighted by atomic mass is 32.2. The highest BCUT2D eigenvalue weighted by molar-refractivity contribution is 7.92. The maximum absolute atomic E-state index is 14.1. The van der Waals surface area contributed by atoms with Crippen LogP contribution in [0.4, 0.5) is 34.1 Å². The van der Waals surface area contributed by atoms with E-state index in [-0.39, 0.29) is 31.1 Å². The Morgan fingerprint density at radius 3 is 1.17 bits per heavy atom. The van der Waals surface area contributed by atoms with Gasteiger partial charge in [-0.2, -0.15) is 0 Å². The van der Waals surface area contributed by atoms with Crippen LogP contribution in [-0.2, 0) is 30.5 Å². The van der Waals surface area contributed by atoms with E-state index in [9.17, 15) is 16.8 Å². The van der Waals surface area contributed by atoms with Gasteiger partial charge < -0.3 is 19.3 Å². The van der Waals surface area contributed by atoms with Crippen molar-refractivity contribution in [2.75, 3.05) is 9.80 Å². The predicted octanol–water partition coefficient (Wildman–Crippen LogP) is 11.8. The van der Waals surface area contributed by atoms with E-state index in [0.29, 0.717) is 22.9 Å². The van der Waals surface area contributed by atoms with Crippen molar-refractivity contribution in [2.24, 2.45) is 0 Å². The fraction of sp³-hybridized carbons (Fsp3) is 0.125. The number of benzene rings is 7. The van der Waals surface area contributed by atoms with E-state index in [1.807, 2.05) is 36.4 Å². The Balaban J connectivity index is 1.14. The monoisotopic (exact) mass is 800 g/mol. The zero-order chi connectivity index (χ0) is 39.9. The SMILES string of the molecule is CC1(C)c2ccccc2N(c2ccc3c(c2)S(=O)(=O)c2ccccc2O3)c2cc3c(cc21)N(c1ccc2c(c1)S(=O)(=O)c1ccccc1O2)c1ccccc1C3(C)C. The minimum Gasteiger partial charge on any atom is -0.455 e. The second-order valence-electron chi connectivity index (χ2n) is 16.2. The molecular formula is C48H36N2O6S2. The Morgan fingerprint density at radius 1 is 0.379 bits per heavy atom. The number of para-hydroxylation sites is 4. The maximum Gasteiger partial charge on any atom is 0.214 e. The summed E-state index contributed by atoms with van der Waals surface area (Å²) in [6.07, 6.45) is 0. The van der Waals surface area contributed by atoms with Gasteiger partial charge in [0.15, 0.2) is 0 Å². The van der Waals surface area contributed by atoms with Crippen LogP contribution < -0.4 is 19.3 Å². The van der Waals surface area contributed by atoms with E-state index in [1.165, 1.54) is 0 Å².